The first-order chi connectivity index (χ1) is 14.8. The van der Waals surface area contributed by atoms with Crippen molar-refractivity contribution < 1.29 is 14.4 Å². The van der Waals surface area contributed by atoms with Crippen molar-refractivity contribution in [1.82, 2.24) is 15.2 Å². The monoisotopic (exact) mass is 464 g/mol. The van der Waals surface area contributed by atoms with Crippen LogP contribution in [0.3, 0.4) is 0 Å². The lowest BCUT2D eigenvalue weighted by molar-refractivity contribution is -0.120. The number of hydrogen-bond acceptors (Lipinski definition) is 5. The Bertz CT molecular complexity index is 900. The third-order valence-electron chi connectivity index (χ3n) is 4.54. The van der Waals surface area contributed by atoms with E-state index in [0.717, 1.165) is 19.3 Å². The Morgan fingerprint density at radius 1 is 1.16 bits per heavy atom. The van der Waals surface area contributed by atoms with E-state index in [2.05, 4.69) is 22.5 Å². The maximum atomic E-state index is 12.9. The molecule has 31 heavy (non-hydrogen) atoms. The van der Waals surface area contributed by atoms with E-state index in [9.17, 15) is 14.4 Å². The molecule has 0 aliphatic carbocycles. The molecule has 0 bridgehead atoms. The van der Waals surface area contributed by atoms with Crippen LogP contribution in [-0.2, 0) is 16.0 Å². The lowest BCUT2D eigenvalue weighted by Gasteiger charge is -2.26. The summed E-state index contributed by atoms with van der Waals surface area (Å²) in [6.45, 7) is 6.31. The van der Waals surface area contributed by atoms with Crippen LogP contribution in [0.5, 0.6) is 0 Å². The summed E-state index contributed by atoms with van der Waals surface area (Å²) in [5.41, 5.74) is 0.952. The molecule has 9 heteroatoms. The zero-order valence-electron chi connectivity index (χ0n) is 18.1. The summed E-state index contributed by atoms with van der Waals surface area (Å²) in [4.78, 5) is 43.1. The van der Waals surface area contributed by atoms with Gasteiger partial charge in [-0.25, -0.2) is 4.98 Å². The summed E-state index contributed by atoms with van der Waals surface area (Å²) in [5, 5.41) is 8.07. The molecule has 0 aliphatic heterocycles. The normalized spacial score (nSPS) is 10.7. The fourth-order valence-electron chi connectivity index (χ4n) is 2.87. The smallest absolute Gasteiger partial charge is 0.256 e. The molecule has 2 aromatic rings. The molecule has 1 aromatic carbocycles. The van der Waals surface area contributed by atoms with Gasteiger partial charge in [0.1, 0.15) is 6.54 Å². The van der Waals surface area contributed by atoms with Crippen LogP contribution in [0, 0.1) is 0 Å². The Labute approximate surface area is 192 Å². The van der Waals surface area contributed by atoms with E-state index in [1.807, 2.05) is 13.8 Å². The molecule has 1 heterocycles. The molecule has 2 rings (SSSR count). The second-order valence-electron chi connectivity index (χ2n) is 7.43. The number of thiazole rings is 1. The van der Waals surface area contributed by atoms with Gasteiger partial charge in [0.15, 0.2) is 5.13 Å². The fourth-order valence-corrected chi connectivity index (χ4v) is 3.81. The molecule has 3 amide bonds. The first-order valence-electron chi connectivity index (χ1n) is 10.4. The molecule has 0 unspecified atom stereocenters. The molecule has 168 valence electrons. The number of halogens is 1. The molecule has 0 atom stereocenters. The van der Waals surface area contributed by atoms with Crippen LogP contribution in [0.25, 0.3) is 0 Å². The van der Waals surface area contributed by atoms with Gasteiger partial charge in [-0.05, 0) is 32.4 Å². The zero-order valence-corrected chi connectivity index (χ0v) is 19.7. The number of aromatic nitrogens is 1. The predicted molar refractivity (Wildman–Crippen MR) is 125 cm³/mol. The quantitative estimate of drug-likeness (QED) is 0.489. The summed E-state index contributed by atoms with van der Waals surface area (Å²) >= 11 is 7.38. The summed E-state index contributed by atoms with van der Waals surface area (Å²) in [7, 11) is 0. The second-order valence-corrected chi connectivity index (χ2v) is 8.70. The number of hydrogen-bond donors (Lipinski definition) is 2. The predicted octanol–water partition coefficient (Wildman–Crippen LogP) is 4.13. The van der Waals surface area contributed by atoms with E-state index in [1.54, 1.807) is 29.6 Å². The standard InChI is InChI=1S/C22H29ClN4O3S/c1-4-5-8-11-24-19(28)12-16-14-31-22(25-16)26-20(29)13-27(15(2)3)21(30)17-9-6-7-10-18(17)23/h6-7,9-10,14-15H,4-5,8,11-13H2,1-3H3,(H,24,28)(H,25,26,29). The van der Waals surface area contributed by atoms with E-state index in [1.165, 1.54) is 16.2 Å². The van der Waals surface area contributed by atoms with Crippen molar-refractivity contribution >= 4 is 45.8 Å². The van der Waals surface area contributed by atoms with Gasteiger partial charge in [0.05, 0.1) is 22.7 Å². The molecule has 0 aliphatic rings. The van der Waals surface area contributed by atoms with E-state index < -0.39 is 0 Å². The van der Waals surface area contributed by atoms with Gasteiger partial charge in [-0.15, -0.1) is 11.3 Å². The number of benzene rings is 1. The van der Waals surface area contributed by atoms with Gasteiger partial charge >= 0.3 is 0 Å². The van der Waals surface area contributed by atoms with Gasteiger partial charge in [0.25, 0.3) is 5.91 Å². The van der Waals surface area contributed by atoms with Crippen LogP contribution in [0.15, 0.2) is 29.6 Å². The SMILES string of the molecule is CCCCCNC(=O)Cc1csc(NC(=O)CN(C(=O)c2ccccc2Cl)C(C)C)n1. The molecule has 2 N–H and O–H groups in total. The Hall–Kier alpha value is -2.45. The van der Waals surface area contributed by atoms with E-state index in [-0.39, 0.29) is 36.7 Å². The highest BCUT2D eigenvalue weighted by molar-refractivity contribution is 7.13. The maximum absolute atomic E-state index is 12.9. The number of anilines is 1. The van der Waals surface area contributed by atoms with Crippen molar-refractivity contribution in [2.75, 3.05) is 18.4 Å². The van der Waals surface area contributed by atoms with Crippen molar-refractivity contribution in [1.29, 1.82) is 0 Å². The number of amides is 3. The number of carbonyl (C=O) groups is 3. The minimum Gasteiger partial charge on any atom is -0.356 e. The molecule has 1 aromatic heterocycles. The van der Waals surface area contributed by atoms with Gasteiger partial charge in [0, 0.05) is 18.0 Å². The number of nitrogens with zero attached hydrogens (tertiary/aromatic N) is 2. The molecule has 0 saturated heterocycles. The summed E-state index contributed by atoms with van der Waals surface area (Å²) < 4.78 is 0. The lowest BCUT2D eigenvalue weighted by atomic mass is 10.1. The molecular weight excluding hydrogens is 436 g/mol. The maximum Gasteiger partial charge on any atom is 0.256 e. The van der Waals surface area contributed by atoms with Gasteiger partial charge in [-0.3, -0.25) is 14.4 Å². The van der Waals surface area contributed by atoms with Crippen LogP contribution >= 0.6 is 22.9 Å². The van der Waals surface area contributed by atoms with Gasteiger partial charge < -0.3 is 15.5 Å². The highest BCUT2D eigenvalue weighted by Crippen LogP contribution is 2.19. The number of nitrogens with one attached hydrogen (secondary N) is 2. The minimum absolute atomic E-state index is 0.0874. The van der Waals surface area contributed by atoms with E-state index >= 15 is 0 Å². The first-order valence-corrected chi connectivity index (χ1v) is 11.6. The molecule has 0 saturated carbocycles. The largest absolute Gasteiger partial charge is 0.356 e. The van der Waals surface area contributed by atoms with Crippen molar-refractivity contribution in [2.24, 2.45) is 0 Å². The first kappa shape index (κ1) is 24.8. The Balaban J connectivity index is 1.91. The second kappa shape index (κ2) is 12.4. The van der Waals surface area contributed by atoms with Crippen LogP contribution in [0.2, 0.25) is 5.02 Å². The highest BCUT2D eigenvalue weighted by Gasteiger charge is 2.23. The zero-order chi connectivity index (χ0) is 22.8. The van der Waals surface area contributed by atoms with E-state index in [0.29, 0.717) is 28.0 Å². The van der Waals surface area contributed by atoms with Gasteiger partial charge in [-0.2, -0.15) is 0 Å². The van der Waals surface area contributed by atoms with Gasteiger partial charge in [0.2, 0.25) is 11.8 Å². The average molecular weight is 465 g/mol. The highest BCUT2D eigenvalue weighted by atomic mass is 35.5. The molecule has 0 spiro atoms. The Morgan fingerprint density at radius 3 is 2.58 bits per heavy atom. The van der Waals surface area contributed by atoms with Crippen LogP contribution < -0.4 is 10.6 Å². The van der Waals surface area contributed by atoms with E-state index in [4.69, 9.17) is 11.6 Å². The van der Waals surface area contributed by atoms with Crippen molar-refractivity contribution in [3.63, 3.8) is 0 Å². The Kier molecular flexibility index (Phi) is 9.94. The fraction of sp³-hybridized carbons (Fsp3) is 0.455. The lowest BCUT2D eigenvalue weighted by Crippen LogP contribution is -2.42. The summed E-state index contributed by atoms with van der Waals surface area (Å²) in [5.74, 6) is -0.759. The summed E-state index contributed by atoms with van der Waals surface area (Å²) in [6.07, 6.45) is 3.31. The molecule has 0 fully saturated rings. The molecule has 7 nitrogen and oxygen atoms in total. The Morgan fingerprint density at radius 2 is 1.90 bits per heavy atom. The number of rotatable bonds is 11. The third kappa shape index (κ3) is 7.95. The summed E-state index contributed by atoms with van der Waals surface area (Å²) in [6, 6.07) is 6.56. The van der Waals surface area contributed by atoms with Gasteiger partial charge in [-0.1, -0.05) is 43.5 Å². The van der Waals surface area contributed by atoms with Crippen molar-refractivity contribution in [3.05, 3.63) is 45.9 Å². The average Bonchev–Trinajstić information content (AvgIpc) is 3.15. The van der Waals surface area contributed by atoms with Crippen molar-refractivity contribution in [2.45, 2.75) is 52.5 Å². The van der Waals surface area contributed by atoms with Crippen LogP contribution in [0.4, 0.5) is 5.13 Å². The minimum atomic E-state index is -0.362. The van der Waals surface area contributed by atoms with Crippen LogP contribution in [-0.4, -0.2) is 46.7 Å². The number of carbonyl (C=O) groups excluding carboxylic acids is 3. The molecule has 0 radical (unpaired) electrons. The van der Waals surface area contributed by atoms with Crippen molar-refractivity contribution in [3.8, 4) is 0 Å². The van der Waals surface area contributed by atoms with Crippen LogP contribution in [0.1, 0.15) is 56.1 Å². The number of unbranched alkanes of at least 4 members (excludes halogenated alkanes) is 2. The third-order valence-corrected chi connectivity index (χ3v) is 5.68. The topological polar surface area (TPSA) is 91.4 Å². The molecular formula is C22H29ClN4O3S.